The first kappa shape index (κ1) is 14.7. The third-order valence-corrected chi connectivity index (χ3v) is 3.76. The van der Waals surface area contributed by atoms with Crippen molar-refractivity contribution in [3.05, 3.63) is 34.1 Å². The smallest absolute Gasteiger partial charge is 0.305 e. The number of nitrogens with zero attached hydrogens (tertiary/aromatic N) is 2. The summed E-state index contributed by atoms with van der Waals surface area (Å²) in [4.78, 5) is 12.1. The van der Waals surface area contributed by atoms with Crippen LogP contribution in [-0.4, -0.2) is 36.1 Å². The molecule has 0 saturated carbocycles. The van der Waals surface area contributed by atoms with Crippen LogP contribution in [0.25, 0.3) is 0 Å². The summed E-state index contributed by atoms with van der Waals surface area (Å²) in [6.07, 6.45) is 4.52. The lowest BCUT2D eigenvalue weighted by Gasteiger charge is -2.32. The van der Waals surface area contributed by atoms with Crippen LogP contribution in [0.1, 0.15) is 25.7 Å². The average Bonchev–Trinajstić information content (AvgIpc) is 2.40. The predicted molar refractivity (Wildman–Crippen MR) is 73.4 cm³/mol. The van der Waals surface area contributed by atoms with E-state index >= 15 is 0 Å². The molecule has 1 unspecified atom stereocenters. The van der Waals surface area contributed by atoms with Crippen molar-refractivity contribution < 1.29 is 14.1 Å². The van der Waals surface area contributed by atoms with Crippen LogP contribution in [0.3, 0.4) is 0 Å². The van der Waals surface area contributed by atoms with Crippen molar-refractivity contribution in [1.82, 2.24) is 4.90 Å². The maximum absolute atomic E-state index is 13.4. The molecule has 1 aromatic carbocycles. The third kappa shape index (κ3) is 3.66. The molecule has 0 bridgehead atoms. The van der Waals surface area contributed by atoms with Crippen LogP contribution >= 0.6 is 0 Å². The highest BCUT2D eigenvalue weighted by Crippen LogP contribution is 2.23. The molecule has 1 aromatic rings. The van der Waals surface area contributed by atoms with E-state index < -0.39 is 16.4 Å². The molecular formula is C14H19FN2O3. The lowest BCUT2D eigenvalue weighted by molar-refractivity contribution is -0.387. The van der Waals surface area contributed by atoms with E-state index in [1.165, 1.54) is 18.9 Å². The highest BCUT2D eigenvalue weighted by Gasteiger charge is 2.19. The van der Waals surface area contributed by atoms with Crippen LogP contribution in [0.5, 0.6) is 5.75 Å². The molecule has 5 nitrogen and oxygen atoms in total. The van der Waals surface area contributed by atoms with Gasteiger partial charge < -0.3 is 9.64 Å². The summed E-state index contributed by atoms with van der Waals surface area (Å²) in [6, 6.07) is 4.15. The van der Waals surface area contributed by atoms with E-state index in [1.807, 2.05) is 0 Å². The van der Waals surface area contributed by atoms with Crippen molar-refractivity contribution >= 4 is 5.69 Å². The molecule has 1 saturated heterocycles. The number of hydrogen-bond donors (Lipinski definition) is 0. The molecular weight excluding hydrogens is 263 g/mol. The van der Waals surface area contributed by atoms with Gasteiger partial charge in [0.05, 0.1) is 11.5 Å². The minimum atomic E-state index is -0.859. The first-order chi connectivity index (χ1) is 9.58. The molecule has 6 heteroatoms. The van der Waals surface area contributed by atoms with Gasteiger partial charge in [0.2, 0.25) is 5.82 Å². The van der Waals surface area contributed by atoms with Crippen LogP contribution < -0.4 is 4.74 Å². The molecule has 1 aliphatic heterocycles. The van der Waals surface area contributed by atoms with Gasteiger partial charge in [-0.2, -0.15) is 4.39 Å². The molecule has 0 spiro atoms. The highest BCUT2D eigenvalue weighted by atomic mass is 19.1. The number of benzene rings is 1. The number of nitro groups is 1. The topological polar surface area (TPSA) is 55.6 Å². The summed E-state index contributed by atoms with van der Waals surface area (Å²) in [7, 11) is 2.11. The van der Waals surface area contributed by atoms with Gasteiger partial charge in [-0.05, 0) is 38.9 Å². The van der Waals surface area contributed by atoms with Gasteiger partial charge in [0, 0.05) is 18.2 Å². The summed E-state index contributed by atoms with van der Waals surface area (Å²) < 4.78 is 18.9. The second kappa shape index (κ2) is 6.65. The molecule has 1 aliphatic rings. The molecule has 1 atom stereocenters. The monoisotopic (exact) mass is 282 g/mol. The van der Waals surface area contributed by atoms with Crippen LogP contribution in [0.15, 0.2) is 18.2 Å². The third-order valence-electron chi connectivity index (χ3n) is 3.76. The van der Waals surface area contributed by atoms with Crippen molar-refractivity contribution in [3.63, 3.8) is 0 Å². The van der Waals surface area contributed by atoms with Gasteiger partial charge in [0.1, 0.15) is 5.75 Å². The lowest BCUT2D eigenvalue weighted by atomic mass is 10.0. The zero-order chi connectivity index (χ0) is 14.5. The zero-order valence-electron chi connectivity index (χ0n) is 11.5. The Morgan fingerprint density at radius 1 is 1.50 bits per heavy atom. The fourth-order valence-electron chi connectivity index (χ4n) is 2.55. The zero-order valence-corrected chi connectivity index (χ0v) is 11.5. The van der Waals surface area contributed by atoms with Gasteiger partial charge in [-0.25, -0.2) is 0 Å². The molecule has 2 rings (SSSR count). The Morgan fingerprint density at radius 2 is 2.30 bits per heavy atom. The van der Waals surface area contributed by atoms with Crippen LogP contribution in [0.2, 0.25) is 0 Å². The number of nitro benzene ring substituents is 1. The predicted octanol–water partition coefficient (Wildman–Crippen LogP) is 2.99. The number of likely N-dealkylation sites (tertiary alicyclic amines) is 1. The van der Waals surface area contributed by atoms with Crippen molar-refractivity contribution in [3.8, 4) is 5.75 Å². The number of ether oxygens (including phenoxy) is 1. The minimum Gasteiger partial charge on any atom is -0.493 e. The molecule has 0 N–H and O–H groups in total. The molecule has 0 amide bonds. The Labute approximate surface area is 117 Å². The van der Waals surface area contributed by atoms with E-state index in [0.29, 0.717) is 18.4 Å². The van der Waals surface area contributed by atoms with Gasteiger partial charge in [-0.15, -0.1) is 0 Å². The van der Waals surface area contributed by atoms with Gasteiger partial charge in [-0.3, -0.25) is 10.1 Å². The minimum absolute atomic E-state index is 0.339. The molecule has 0 radical (unpaired) electrons. The second-order valence-corrected chi connectivity index (χ2v) is 5.14. The van der Waals surface area contributed by atoms with Crippen molar-refractivity contribution in [2.24, 2.45) is 0 Å². The Bertz CT molecular complexity index is 481. The normalized spacial score (nSPS) is 19.8. The SMILES string of the molecule is CN1CCCCC1CCOc1ccc([N+](=O)[O-])c(F)c1. The second-order valence-electron chi connectivity index (χ2n) is 5.14. The van der Waals surface area contributed by atoms with E-state index in [1.54, 1.807) is 0 Å². The van der Waals surface area contributed by atoms with E-state index in [0.717, 1.165) is 31.5 Å². The summed E-state index contributed by atoms with van der Waals surface area (Å²) in [5.41, 5.74) is -0.524. The highest BCUT2D eigenvalue weighted by molar-refractivity contribution is 5.37. The number of hydrogen-bond acceptors (Lipinski definition) is 4. The Hall–Kier alpha value is -1.69. The molecule has 1 heterocycles. The Balaban J connectivity index is 1.85. The van der Waals surface area contributed by atoms with E-state index in [4.69, 9.17) is 4.74 Å². The van der Waals surface area contributed by atoms with Crippen LogP contribution in [0.4, 0.5) is 10.1 Å². The maximum atomic E-state index is 13.4. The van der Waals surface area contributed by atoms with Crippen molar-refractivity contribution in [1.29, 1.82) is 0 Å². The molecule has 110 valence electrons. The maximum Gasteiger partial charge on any atom is 0.305 e. The van der Waals surface area contributed by atoms with Gasteiger partial charge >= 0.3 is 5.69 Å². The standard InChI is InChI=1S/C14H19FN2O3/c1-16-8-3-2-4-11(16)7-9-20-12-5-6-14(17(18)19)13(15)10-12/h5-6,10-11H,2-4,7-9H2,1H3. The van der Waals surface area contributed by atoms with Gasteiger partial charge in [0.15, 0.2) is 0 Å². The van der Waals surface area contributed by atoms with Crippen molar-refractivity contribution in [2.45, 2.75) is 31.7 Å². The summed E-state index contributed by atoms with van der Waals surface area (Å²) in [5, 5.41) is 10.5. The fourth-order valence-corrected chi connectivity index (χ4v) is 2.55. The van der Waals surface area contributed by atoms with E-state index in [9.17, 15) is 14.5 Å². The number of rotatable bonds is 5. The quantitative estimate of drug-likeness (QED) is 0.615. The van der Waals surface area contributed by atoms with Crippen LogP contribution in [-0.2, 0) is 0 Å². The van der Waals surface area contributed by atoms with Gasteiger partial charge in [0.25, 0.3) is 0 Å². The molecule has 0 aliphatic carbocycles. The first-order valence-electron chi connectivity index (χ1n) is 6.85. The van der Waals surface area contributed by atoms with Crippen LogP contribution in [0, 0.1) is 15.9 Å². The van der Waals surface area contributed by atoms with Crippen molar-refractivity contribution in [2.75, 3.05) is 20.2 Å². The fraction of sp³-hybridized carbons (Fsp3) is 0.571. The first-order valence-corrected chi connectivity index (χ1v) is 6.85. The molecule has 0 aromatic heterocycles. The summed E-state index contributed by atoms with van der Waals surface area (Å²) in [6.45, 7) is 1.60. The average molecular weight is 282 g/mol. The Kier molecular flexibility index (Phi) is 4.89. The Morgan fingerprint density at radius 3 is 2.95 bits per heavy atom. The number of halogens is 1. The molecule has 1 fully saturated rings. The summed E-state index contributed by atoms with van der Waals surface area (Å²) in [5.74, 6) is -0.520. The largest absolute Gasteiger partial charge is 0.493 e. The van der Waals surface area contributed by atoms with Gasteiger partial charge in [-0.1, -0.05) is 6.42 Å². The molecule has 20 heavy (non-hydrogen) atoms. The van der Waals surface area contributed by atoms with E-state index in [2.05, 4.69) is 11.9 Å². The number of piperidine rings is 1. The summed E-state index contributed by atoms with van der Waals surface area (Å²) >= 11 is 0. The lowest BCUT2D eigenvalue weighted by Crippen LogP contribution is -2.37. The van der Waals surface area contributed by atoms with E-state index in [-0.39, 0.29) is 0 Å².